The minimum Gasteiger partial charge on any atom is -0.368 e. The van der Waals surface area contributed by atoms with Crippen LogP contribution in [0.3, 0.4) is 0 Å². The van der Waals surface area contributed by atoms with E-state index in [1.54, 1.807) is 0 Å². The Morgan fingerprint density at radius 1 is 1.65 bits per heavy atom. The Morgan fingerprint density at radius 3 is 2.82 bits per heavy atom. The van der Waals surface area contributed by atoms with Crippen LogP contribution in [0.25, 0.3) is 0 Å². The van der Waals surface area contributed by atoms with Gasteiger partial charge in [-0.05, 0) is 21.0 Å². The number of aromatic nitrogens is 2. The van der Waals surface area contributed by atoms with E-state index in [1.807, 2.05) is 25.9 Å². The van der Waals surface area contributed by atoms with Gasteiger partial charge in [-0.25, -0.2) is 4.98 Å². The van der Waals surface area contributed by atoms with Crippen LogP contribution in [0.15, 0.2) is 6.20 Å². The normalized spacial score (nSPS) is 12.5. The average molecular weight is 240 g/mol. The minimum atomic E-state index is -0.540. The molecule has 0 aliphatic carbocycles. The summed E-state index contributed by atoms with van der Waals surface area (Å²) in [6.45, 7) is 2.52. The molecule has 0 saturated carbocycles. The number of nitrogens with one attached hydrogen (secondary N) is 1. The summed E-state index contributed by atoms with van der Waals surface area (Å²) in [6, 6.07) is 0.214. The molecule has 1 atom stereocenters. The van der Waals surface area contributed by atoms with E-state index in [0.29, 0.717) is 6.54 Å². The fourth-order valence-corrected chi connectivity index (χ4v) is 1.08. The molecule has 0 spiro atoms. The average Bonchev–Trinajstić information content (AvgIpc) is 2.25. The van der Waals surface area contributed by atoms with Crippen LogP contribution < -0.4 is 11.1 Å². The number of hydrogen-bond acceptors (Lipinski definition) is 7. The number of nitrogen functional groups attached to an aromatic ring is 1. The summed E-state index contributed by atoms with van der Waals surface area (Å²) in [5.41, 5.74) is 5.22. The molecule has 0 aromatic carbocycles. The van der Waals surface area contributed by atoms with E-state index >= 15 is 0 Å². The SMILES string of the molecule is CC(CNc1nc(N)ncc1[N+](=O)[O-])N(C)C. The topological polar surface area (TPSA) is 110 Å². The third-order valence-corrected chi connectivity index (χ3v) is 2.43. The van der Waals surface area contributed by atoms with Crippen LogP contribution in [-0.4, -0.2) is 46.5 Å². The number of rotatable bonds is 5. The summed E-state index contributed by atoms with van der Waals surface area (Å²) in [5, 5.41) is 13.6. The Morgan fingerprint density at radius 2 is 2.29 bits per heavy atom. The molecule has 0 radical (unpaired) electrons. The number of hydrogen-bond donors (Lipinski definition) is 2. The highest BCUT2D eigenvalue weighted by molar-refractivity contribution is 5.56. The van der Waals surface area contributed by atoms with Crippen molar-refractivity contribution < 1.29 is 4.92 Å². The molecule has 94 valence electrons. The Hall–Kier alpha value is -1.96. The fraction of sp³-hybridized carbons (Fsp3) is 0.556. The van der Waals surface area contributed by atoms with Gasteiger partial charge in [0.25, 0.3) is 0 Å². The summed E-state index contributed by atoms with van der Waals surface area (Å²) in [7, 11) is 3.85. The maximum atomic E-state index is 10.7. The van der Waals surface area contributed by atoms with E-state index < -0.39 is 4.92 Å². The van der Waals surface area contributed by atoms with Crippen LogP contribution in [0.1, 0.15) is 6.92 Å². The first-order chi connectivity index (χ1) is 7.91. The second-order valence-corrected chi connectivity index (χ2v) is 3.91. The lowest BCUT2D eigenvalue weighted by molar-refractivity contribution is -0.384. The van der Waals surface area contributed by atoms with Gasteiger partial charge in [-0.2, -0.15) is 4.98 Å². The Bertz CT molecular complexity index is 408. The lowest BCUT2D eigenvalue weighted by atomic mass is 10.3. The van der Waals surface area contributed by atoms with Gasteiger partial charge in [0, 0.05) is 12.6 Å². The molecule has 0 saturated heterocycles. The van der Waals surface area contributed by atoms with Crippen LogP contribution in [-0.2, 0) is 0 Å². The van der Waals surface area contributed by atoms with Crippen LogP contribution in [0, 0.1) is 10.1 Å². The smallest absolute Gasteiger partial charge is 0.329 e. The molecular weight excluding hydrogens is 224 g/mol. The predicted octanol–water partition coefficient (Wildman–Crippen LogP) is 0.329. The van der Waals surface area contributed by atoms with Crippen molar-refractivity contribution >= 4 is 17.5 Å². The molecule has 1 aromatic heterocycles. The standard InChI is InChI=1S/C9H16N6O2/c1-6(14(2)3)4-11-8-7(15(16)17)5-12-9(10)13-8/h5-6H,4H2,1-3H3,(H3,10,11,12,13). The van der Waals surface area contributed by atoms with Crippen molar-refractivity contribution in [3.05, 3.63) is 16.3 Å². The predicted molar refractivity (Wildman–Crippen MR) is 64.7 cm³/mol. The monoisotopic (exact) mass is 240 g/mol. The molecule has 1 aromatic rings. The quantitative estimate of drug-likeness (QED) is 0.563. The summed E-state index contributed by atoms with van der Waals surface area (Å²) in [5.74, 6) is 0.159. The highest BCUT2D eigenvalue weighted by Crippen LogP contribution is 2.20. The van der Waals surface area contributed by atoms with Gasteiger partial charge < -0.3 is 16.0 Å². The van der Waals surface area contributed by atoms with Gasteiger partial charge in [0.05, 0.1) is 4.92 Å². The van der Waals surface area contributed by atoms with Crippen LogP contribution in [0.5, 0.6) is 0 Å². The molecule has 1 heterocycles. The third-order valence-electron chi connectivity index (χ3n) is 2.43. The number of anilines is 2. The molecule has 8 nitrogen and oxygen atoms in total. The highest BCUT2D eigenvalue weighted by atomic mass is 16.6. The summed E-state index contributed by atoms with van der Waals surface area (Å²) in [4.78, 5) is 19.6. The molecule has 0 aliphatic rings. The molecule has 0 fully saturated rings. The van der Waals surface area contributed by atoms with Gasteiger partial charge in [0.1, 0.15) is 6.20 Å². The number of nitrogens with zero attached hydrogens (tertiary/aromatic N) is 4. The van der Waals surface area contributed by atoms with Crippen molar-refractivity contribution in [3.63, 3.8) is 0 Å². The first-order valence-corrected chi connectivity index (χ1v) is 5.09. The second-order valence-electron chi connectivity index (χ2n) is 3.91. The number of likely N-dealkylation sites (N-methyl/N-ethyl adjacent to an activating group) is 1. The number of nitrogens with two attached hydrogens (primary N) is 1. The van der Waals surface area contributed by atoms with Gasteiger partial charge in [-0.1, -0.05) is 0 Å². The lowest BCUT2D eigenvalue weighted by Crippen LogP contribution is -2.31. The lowest BCUT2D eigenvalue weighted by Gasteiger charge is -2.20. The van der Waals surface area contributed by atoms with Crippen LogP contribution in [0.2, 0.25) is 0 Å². The largest absolute Gasteiger partial charge is 0.368 e. The van der Waals surface area contributed by atoms with Crippen LogP contribution >= 0.6 is 0 Å². The maximum absolute atomic E-state index is 10.7. The minimum absolute atomic E-state index is 0.00982. The number of nitro groups is 1. The zero-order valence-electron chi connectivity index (χ0n) is 10.0. The Labute approximate surface area is 99.0 Å². The third kappa shape index (κ3) is 3.52. The molecule has 17 heavy (non-hydrogen) atoms. The summed E-state index contributed by atoms with van der Waals surface area (Å²) >= 11 is 0. The fourth-order valence-electron chi connectivity index (χ4n) is 1.08. The van der Waals surface area contributed by atoms with E-state index in [4.69, 9.17) is 5.73 Å². The molecule has 0 aliphatic heterocycles. The van der Waals surface area contributed by atoms with Crippen molar-refractivity contribution in [1.29, 1.82) is 0 Å². The Balaban J connectivity index is 2.82. The molecule has 3 N–H and O–H groups in total. The van der Waals surface area contributed by atoms with Crippen molar-refractivity contribution in [3.8, 4) is 0 Å². The van der Waals surface area contributed by atoms with Gasteiger partial charge in [-0.3, -0.25) is 10.1 Å². The van der Waals surface area contributed by atoms with Gasteiger partial charge in [0.15, 0.2) is 0 Å². The van der Waals surface area contributed by atoms with Gasteiger partial charge in [-0.15, -0.1) is 0 Å². The molecule has 0 amide bonds. The zero-order valence-corrected chi connectivity index (χ0v) is 10.0. The molecule has 8 heteroatoms. The molecule has 0 bridgehead atoms. The Kier molecular flexibility index (Phi) is 4.16. The first kappa shape index (κ1) is 13.1. The van der Waals surface area contributed by atoms with Crippen LogP contribution in [0.4, 0.5) is 17.5 Å². The second kappa shape index (κ2) is 5.39. The van der Waals surface area contributed by atoms with Crippen molar-refractivity contribution in [2.75, 3.05) is 31.7 Å². The zero-order chi connectivity index (χ0) is 13.0. The van der Waals surface area contributed by atoms with Crippen molar-refractivity contribution in [2.45, 2.75) is 13.0 Å². The maximum Gasteiger partial charge on any atom is 0.329 e. The van der Waals surface area contributed by atoms with Gasteiger partial charge >= 0.3 is 5.69 Å². The van der Waals surface area contributed by atoms with E-state index in [1.165, 1.54) is 0 Å². The highest BCUT2D eigenvalue weighted by Gasteiger charge is 2.17. The molecular formula is C9H16N6O2. The van der Waals surface area contributed by atoms with Gasteiger partial charge in [0.2, 0.25) is 11.8 Å². The summed E-state index contributed by atoms with van der Waals surface area (Å²) < 4.78 is 0. The molecule has 1 rings (SSSR count). The summed E-state index contributed by atoms with van der Waals surface area (Å²) in [6.07, 6.45) is 1.10. The first-order valence-electron chi connectivity index (χ1n) is 5.09. The van der Waals surface area contributed by atoms with Crippen molar-refractivity contribution in [1.82, 2.24) is 14.9 Å². The molecule has 1 unspecified atom stereocenters. The van der Waals surface area contributed by atoms with E-state index in [9.17, 15) is 10.1 Å². The van der Waals surface area contributed by atoms with E-state index in [0.717, 1.165) is 6.20 Å². The van der Waals surface area contributed by atoms with E-state index in [2.05, 4.69) is 15.3 Å². The van der Waals surface area contributed by atoms with Crippen molar-refractivity contribution in [2.24, 2.45) is 0 Å². The van der Waals surface area contributed by atoms with E-state index in [-0.39, 0.29) is 23.5 Å².